The lowest BCUT2D eigenvalue weighted by Gasteiger charge is -1.98. The smallest absolute Gasteiger partial charge is 0.328 e. The van der Waals surface area contributed by atoms with Gasteiger partial charge in [0.05, 0.1) is 0 Å². The second-order valence-corrected chi connectivity index (χ2v) is 5.82. The highest BCUT2D eigenvalue weighted by Gasteiger charge is 1.89. The third-order valence-electron chi connectivity index (χ3n) is 3.53. The van der Waals surface area contributed by atoms with Crippen LogP contribution in [0.4, 0.5) is 0 Å². The van der Waals surface area contributed by atoms with E-state index in [9.17, 15) is 4.79 Å². The summed E-state index contributed by atoms with van der Waals surface area (Å²) in [4.78, 5) is 14.5. The molecule has 2 N–H and O–H groups in total. The second-order valence-electron chi connectivity index (χ2n) is 5.82. The maximum absolute atomic E-state index is 10.3. The monoisotopic (exact) mass is 360 g/mol. The molecule has 0 aromatic rings. The summed E-state index contributed by atoms with van der Waals surface area (Å²) in [5.41, 5.74) is 0. The van der Waals surface area contributed by atoms with E-state index in [1.165, 1.54) is 51.0 Å². The van der Waals surface area contributed by atoms with Crippen LogP contribution in [0.3, 0.4) is 0 Å². The zero-order chi connectivity index (χ0) is 19.3. The normalized spacial score (nSPS) is 13.2. The van der Waals surface area contributed by atoms with Crippen LogP contribution in [0, 0.1) is 0 Å². The summed E-state index contributed by atoms with van der Waals surface area (Å²) in [6.45, 7) is 2.24. The van der Waals surface area contributed by atoms with Crippen molar-refractivity contribution in [2.45, 2.75) is 58.3 Å². The Hall–Kier alpha value is -2.33. The van der Waals surface area contributed by atoms with E-state index in [2.05, 4.69) is 17.9 Å². The Bertz CT molecular complexity index is 522. The molecule has 0 unspecified atom stereocenters. The zero-order valence-electron chi connectivity index (χ0n) is 15.7. The van der Waals surface area contributed by atoms with Crippen molar-refractivity contribution in [2.75, 3.05) is 0 Å². The molecule has 0 rings (SSSR count). The van der Waals surface area contributed by atoms with Gasteiger partial charge in [-0.1, -0.05) is 94.1 Å². The SMILES string of the molecule is CCCCCCCCCC=CC=CC=C(C=CC=CC=CC(=O)O)OO. The van der Waals surface area contributed by atoms with Crippen LogP contribution < -0.4 is 0 Å². The summed E-state index contributed by atoms with van der Waals surface area (Å²) < 4.78 is 0. The lowest BCUT2D eigenvalue weighted by Crippen LogP contribution is -1.84. The minimum Gasteiger partial charge on any atom is -0.478 e. The van der Waals surface area contributed by atoms with E-state index in [1.807, 2.05) is 12.2 Å². The van der Waals surface area contributed by atoms with E-state index in [4.69, 9.17) is 10.4 Å². The number of allylic oxidation sites excluding steroid dienone is 10. The van der Waals surface area contributed by atoms with Crippen molar-refractivity contribution in [1.82, 2.24) is 0 Å². The van der Waals surface area contributed by atoms with Gasteiger partial charge in [-0.3, -0.25) is 0 Å². The molecular formula is C22H32O4. The molecule has 0 spiro atoms. The van der Waals surface area contributed by atoms with Crippen LogP contribution in [0.1, 0.15) is 58.3 Å². The molecular weight excluding hydrogens is 328 g/mol. The highest BCUT2D eigenvalue weighted by atomic mass is 17.1. The van der Waals surface area contributed by atoms with E-state index >= 15 is 0 Å². The average molecular weight is 360 g/mol. The number of unbranched alkanes of at least 4 members (excludes halogenated alkanes) is 7. The third kappa shape index (κ3) is 18.0. The molecule has 0 aliphatic rings. The molecule has 0 aromatic heterocycles. The first kappa shape index (κ1) is 23.7. The van der Waals surface area contributed by atoms with Gasteiger partial charge in [-0.15, -0.1) is 0 Å². The van der Waals surface area contributed by atoms with Gasteiger partial charge in [-0.05, 0) is 25.0 Å². The third-order valence-corrected chi connectivity index (χ3v) is 3.53. The van der Waals surface area contributed by atoms with Crippen molar-refractivity contribution in [1.29, 1.82) is 0 Å². The van der Waals surface area contributed by atoms with Gasteiger partial charge in [0.2, 0.25) is 0 Å². The number of hydrogen-bond acceptors (Lipinski definition) is 3. The summed E-state index contributed by atoms with van der Waals surface area (Å²) in [5, 5.41) is 17.2. The van der Waals surface area contributed by atoms with Crippen molar-refractivity contribution in [3.05, 3.63) is 72.6 Å². The van der Waals surface area contributed by atoms with Crippen molar-refractivity contribution in [3.63, 3.8) is 0 Å². The molecule has 0 aliphatic carbocycles. The largest absolute Gasteiger partial charge is 0.478 e. The van der Waals surface area contributed by atoms with Crippen molar-refractivity contribution >= 4 is 5.97 Å². The standard InChI is InChI=1S/C22H32O4/c1-2-3-4-5-6-7-8-9-10-11-12-15-18-21(26-25)19-16-13-14-17-20-22(23)24/h10-20,25H,2-9H2,1H3,(H,23,24). The van der Waals surface area contributed by atoms with Gasteiger partial charge in [-0.25, -0.2) is 10.1 Å². The molecule has 0 saturated heterocycles. The predicted molar refractivity (Wildman–Crippen MR) is 108 cm³/mol. The number of carbonyl (C=O) groups is 1. The molecule has 0 saturated carbocycles. The Morgan fingerprint density at radius 3 is 2.08 bits per heavy atom. The molecule has 0 atom stereocenters. The molecule has 0 heterocycles. The minimum absolute atomic E-state index is 0.286. The molecule has 26 heavy (non-hydrogen) atoms. The van der Waals surface area contributed by atoms with E-state index < -0.39 is 5.97 Å². The fourth-order valence-corrected chi connectivity index (χ4v) is 2.14. The Labute approximate surface area is 157 Å². The quantitative estimate of drug-likeness (QED) is 0.0889. The highest BCUT2D eigenvalue weighted by Crippen LogP contribution is 2.08. The van der Waals surface area contributed by atoms with Gasteiger partial charge < -0.3 is 9.99 Å². The van der Waals surface area contributed by atoms with Crippen LogP contribution in [-0.4, -0.2) is 16.3 Å². The Balaban J connectivity index is 3.96. The number of carboxylic acids is 1. The van der Waals surface area contributed by atoms with Gasteiger partial charge >= 0.3 is 5.97 Å². The molecule has 0 bridgehead atoms. The number of rotatable bonds is 15. The molecule has 0 radical (unpaired) electrons. The Morgan fingerprint density at radius 2 is 1.42 bits per heavy atom. The Kier molecular flexibility index (Phi) is 17.3. The molecule has 144 valence electrons. The number of hydrogen-bond donors (Lipinski definition) is 2. The van der Waals surface area contributed by atoms with Crippen molar-refractivity contribution in [3.8, 4) is 0 Å². The fraction of sp³-hybridized carbons (Fsp3) is 0.409. The fourth-order valence-electron chi connectivity index (χ4n) is 2.14. The molecule has 4 heteroatoms. The van der Waals surface area contributed by atoms with Crippen LogP contribution in [-0.2, 0) is 9.68 Å². The molecule has 4 nitrogen and oxygen atoms in total. The molecule has 0 aromatic carbocycles. The van der Waals surface area contributed by atoms with E-state index in [0.717, 1.165) is 12.5 Å². The van der Waals surface area contributed by atoms with Crippen LogP contribution >= 0.6 is 0 Å². The summed E-state index contributed by atoms with van der Waals surface area (Å²) in [6.07, 6.45) is 28.6. The number of aliphatic carboxylic acids is 1. The van der Waals surface area contributed by atoms with Crippen LogP contribution in [0.2, 0.25) is 0 Å². The predicted octanol–water partition coefficient (Wildman–Crippen LogP) is 6.37. The second kappa shape index (κ2) is 19.0. The van der Waals surface area contributed by atoms with E-state index in [0.29, 0.717) is 0 Å². The summed E-state index contributed by atoms with van der Waals surface area (Å²) in [7, 11) is 0. The first-order chi connectivity index (χ1) is 12.7. The van der Waals surface area contributed by atoms with Gasteiger partial charge in [0, 0.05) is 6.08 Å². The molecule has 0 aliphatic heterocycles. The van der Waals surface area contributed by atoms with Crippen molar-refractivity contribution < 1.29 is 20.0 Å². The maximum Gasteiger partial charge on any atom is 0.328 e. The van der Waals surface area contributed by atoms with Crippen molar-refractivity contribution in [2.24, 2.45) is 0 Å². The van der Waals surface area contributed by atoms with Crippen LogP contribution in [0.5, 0.6) is 0 Å². The lowest BCUT2D eigenvalue weighted by atomic mass is 10.1. The topological polar surface area (TPSA) is 66.8 Å². The lowest BCUT2D eigenvalue weighted by molar-refractivity contribution is -0.198. The molecule has 0 amide bonds. The van der Waals surface area contributed by atoms with E-state index in [-0.39, 0.29) is 5.76 Å². The summed E-state index contributed by atoms with van der Waals surface area (Å²) in [6, 6.07) is 0. The van der Waals surface area contributed by atoms with Gasteiger partial charge in [0.25, 0.3) is 0 Å². The Morgan fingerprint density at radius 1 is 0.808 bits per heavy atom. The maximum atomic E-state index is 10.3. The van der Waals surface area contributed by atoms with Gasteiger partial charge in [-0.2, -0.15) is 0 Å². The summed E-state index contributed by atoms with van der Waals surface area (Å²) >= 11 is 0. The molecule has 0 fully saturated rings. The van der Waals surface area contributed by atoms with E-state index in [1.54, 1.807) is 36.5 Å². The first-order valence-electron chi connectivity index (χ1n) is 9.30. The number of carboxylic acid groups (broad SMARTS) is 1. The van der Waals surface area contributed by atoms with Gasteiger partial charge in [0.1, 0.15) is 0 Å². The van der Waals surface area contributed by atoms with Crippen LogP contribution in [0.15, 0.2) is 72.6 Å². The minimum atomic E-state index is -0.997. The average Bonchev–Trinajstić information content (AvgIpc) is 2.63. The van der Waals surface area contributed by atoms with Crippen LogP contribution in [0.25, 0.3) is 0 Å². The zero-order valence-corrected chi connectivity index (χ0v) is 15.7. The van der Waals surface area contributed by atoms with Gasteiger partial charge in [0.15, 0.2) is 5.76 Å². The highest BCUT2D eigenvalue weighted by molar-refractivity contribution is 5.80. The summed E-state index contributed by atoms with van der Waals surface area (Å²) in [5.74, 6) is -0.711. The first-order valence-corrected chi connectivity index (χ1v) is 9.30.